The predicted octanol–water partition coefficient (Wildman–Crippen LogP) is 1.72. The third kappa shape index (κ3) is 3.60. The van der Waals surface area contributed by atoms with Gasteiger partial charge >= 0.3 is 0 Å². The monoisotopic (exact) mass is 308 g/mol. The van der Waals surface area contributed by atoms with Crippen molar-refractivity contribution < 1.29 is 13.2 Å². The van der Waals surface area contributed by atoms with Crippen LogP contribution in [-0.4, -0.2) is 32.0 Å². The van der Waals surface area contributed by atoms with Crippen molar-refractivity contribution in [2.75, 3.05) is 23.7 Å². The Morgan fingerprint density at radius 3 is 2.67 bits per heavy atom. The maximum atomic E-state index is 12.3. The molecule has 0 atom stereocenters. The molecular formula is C13H16N4O3S. The van der Waals surface area contributed by atoms with E-state index in [1.807, 2.05) is 6.92 Å². The van der Waals surface area contributed by atoms with Gasteiger partial charge in [-0.1, -0.05) is 0 Å². The van der Waals surface area contributed by atoms with E-state index in [1.165, 1.54) is 18.5 Å². The van der Waals surface area contributed by atoms with E-state index in [9.17, 15) is 8.42 Å². The molecule has 0 aliphatic rings. The van der Waals surface area contributed by atoms with E-state index >= 15 is 0 Å². The molecule has 0 saturated heterocycles. The first kappa shape index (κ1) is 15.0. The van der Waals surface area contributed by atoms with Gasteiger partial charge in [0, 0.05) is 19.3 Å². The Morgan fingerprint density at radius 2 is 2.05 bits per heavy atom. The second-order valence-electron chi connectivity index (χ2n) is 4.02. The summed E-state index contributed by atoms with van der Waals surface area (Å²) in [5, 5.41) is 2.75. The van der Waals surface area contributed by atoms with Gasteiger partial charge < -0.3 is 10.1 Å². The predicted molar refractivity (Wildman–Crippen MR) is 80.0 cm³/mol. The molecule has 0 saturated carbocycles. The molecule has 7 nitrogen and oxygen atoms in total. The minimum Gasteiger partial charge on any atom is -0.478 e. The lowest BCUT2D eigenvalue weighted by atomic mass is 10.4. The van der Waals surface area contributed by atoms with Crippen LogP contribution in [0.15, 0.2) is 41.6 Å². The first-order valence-electron chi connectivity index (χ1n) is 6.31. The lowest BCUT2D eigenvalue weighted by Gasteiger charge is -2.11. The molecule has 0 aromatic carbocycles. The van der Waals surface area contributed by atoms with Crippen molar-refractivity contribution in [2.24, 2.45) is 0 Å². The fourth-order valence-electron chi connectivity index (χ4n) is 1.68. The molecular weight excluding hydrogens is 292 g/mol. The summed E-state index contributed by atoms with van der Waals surface area (Å²) in [7, 11) is -2.13. The summed E-state index contributed by atoms with van der Waals surface area (Å²) < 4.78 is 32.3. The van der Waals surface area contributed by atoms with Crippen LogP contribution >= 0.6 is 0 Å². The van der Waals surface area contributed by atoms with Gasteiger partial charge in [0.25, 0.3) is 10.0 Å². The average molecular weight is 308 g/mol. The van der Waals surface area contributed by atoms with Gasteiger partial charge in [0.15, 0.2) is 0 Å². The molecule has 0 fully saturated rings. The summed E-state index contributed by atoms with van der Waals surface area (Å²) in [4.78, 5) is 8.06. The first-order chi connectivity index (χ1) is 10.1. The largest absolute Gasteiger partial charge is 0.478 e. The highest BCUT2D eigenvalue weighted by Gasteiger charge is 2.19. The van der Waals surface area contributed by atoms with E-state index in [1.54, 1.807) is 25.2 Å². The van der Waals surface area contributed by atoms with Crippen molar-refractivity contribution in [1.82, 2.24) is 9.97 Å². The molecule has 112 valence electrons. The van der Waals surface area contributed by atoms with Gasteiger partial charge in [-0.25, -0.2) is 18.4 Å². The highest BCUT2D eigenvalue weighted by atomic mass is 32.2. The molecule has 2 rings (SSSR count). The molecule has 0 aliphatic carbocycles. The van der Waals surface area contributed by atoms with Crippen molar-refractivity contribution in [3.05, 3.63) is 36.7 Å². The van der Waals surface area contributed by atoms with Gasteiger partial charge in [-0.2, -0.15) is 0 Å². The van der Waals surface area contributed by atoms with Gasteiger partial charge in [0.2, 0.25) is 5.88 Å². The fraction of sp³-hybridized carbons (Fsp3) is 0.231. The Bertz CT molecular complexity index is 702. The second-order valence-corrected chi connectivity index (χ2v) is 5.67. The van der Waals surface area contributed by atoms with Crippen LogP contribution < -0.4 is 14.8 Å². The number of pyridine rings is 2. The fourth-order valence-corrected chi connectivity index (χ4v) is 2.89. The summed E-state index contributed by atoms with van der Waals surface area (Å²) in [6.07, 6.45) is 2.92. The number of nitrogens with zero attached hydrogens (tertiary/aromatic N) is 2. The number of hydrogen-bond donors (Lipinski definition) is 2. The summed E-state index contributed by atoms with van der Waals surface area (Å²) in [5.74, 6) is 0.724. The Hall–Kier alpha value is -2.35. The van der Waals surface area contributed by atoms with Crippen LogP contribution in [0.2, 0.25) is 0 Å². The Kier molecular flexibility index (Phi) is 4.59. The van der Waals surface area contributed by atoms with Crippen LogP contribution in [0.3, 0.4) is 0 Å². The lowest BCUT2D eigenvalue weighted by Crippen LogP contribution is -2.15. The highest BCUT2D eigenvalue weighted by Crippen LogP contribution is 2.21. The van der Waals surface area contributed by atoms with Crippen LogP contribution in [0.5, 0.6) is 5.88 Å². The smallest absolute Gasteiger partial charge is 0.265 e. The molecule has 0 amide bonds. The molecule has 8 heteroatoms. The summed E-state index contributed by atoms with van der Waals surface area (Å²) >= 11 is 0. The zero-order chi connectivity index (χ0) is 15.3. The molecule has 0 unspecified atom stereocenters. The minimum absolute atomic E-state index is 0.0707. The standard InChI is InChI=1S/C13H16N4O3S/c1-3-20-12-7-6-10(9-16-12)17-21(18,19)11-5-4-8-15-13(11)14-2/h4-9,17H,3H2,1-2H3,(H,14,15). The number of sulfonamides is 1. The van der Waals surface area contributed by atoms with Crippen molar-refractivity contribution in [3.63, 3.8) is 0 Å². The second kappa shape index (κ2) is 6.40. The molecule has 21 heavy (non-hydrogen) atoms. The van der Waals surface area contributed by atoms with E-state index < -0.39 is 10.0 Å². The van der Waals surface area contributed by atoms with Gasteiger partial charge in [-0.3, -0.25) is 4.72 Å². The van der Waals surface area contributed by atoms with E-state index in [-0.39, 0.29) is 10.7 Å². The number of rotatable bonds is 6. The number of hydrogen-bond acceptors (Lipinski definition) is 6. The maximum Gasteiger partial charge on any atom is 0.265 e. The Morgan fingerprint density at radius 1 is 1.24 bits per heavy atom. The molecule has 2 N–H and O–H groups in total. The van der Waals surface area contributed by atoms with Crippen LogP contribution in [0, 0.1) is 0 Å². The Balaban J connectivity index is 2.24. The normalized spacial score (nSPS) is 11.0. The molecule has 2 heterocycles. The molecule has 0 bridgehead atoms. The van der Waals surface area contributed by atoms with E-state index in [0.717, 1.165) is 0 Å². The van der Waals surface area contributed by atoms with Crippen molar-refractivity contribution in [3.8, 4) is 5.88 Å². The maximum absolute atomic E-state index is 12.3. The third-order valence-corrected chi connectivity index (χ3v) is 3.99. The van der Waals surface area contributed by atoms with Crippen LogP contribution in [0.25, 0.3) is 0 Å². The third-order valence-electron chi connectivity index (χ3n) is 2.58. The molecule has 2 aromatic rings. The van der Waals surface area contributed by atoms with Crippen molar-refractivity contribution in [1.29, 1.82) is 0 Å². The zero-order valence-electron chi connectivity index (χ0n) is 11.7. The van der Waals surface area contributed by atoms with Crippen molar-refractivity contribution in [2.45, 2.75) is 11.8 Å². The molecule has 0 radical (unpaired) electrons. The summed E-state index contributed by atoms with van der Waals surface area (Å²) in [5.41, 5.74) is 0.351. The van der Waals surface area contributed by atoms with Gasteiger partial charge in [0.1, 0.15) is 10.7 Å². The highest BCUT2D eigenvalue weighted by molar-refractivity contribution is 7.92. The lowest BCUT2D eigenvalue weighted by molar-refractivity contribution is 0.327. The van der Waals surface area contributed by atoms with Crippen molar-refractivity contribution >= 4 is 21.5 Å². The zero-order valence-corrected chi connectivity index (χ0v) is 12.5. The van der Waals surface area contributed by atoms with E-state index in [4.69, 9.17) is 4.74 Å². The first-order valence-corrected chi connectivity index (χ1v) is 7.79. The van der Waals surface area contributed by atoms with Gasteiger partial charge in [-0.05, 0) is 25.1 Å². The van der Waals surface area contributed by atoms with E-state index in [0.29, 0.717) is 18.2 Å². The van der Waals surface area contributed by atoms with Gasteiger partial charge in [-0.15, -0.1) is 0 Å². The van der Waals surface area contributed by atoms with Crippen LogP contribution in [0.4, 0.5) is 11.5 Å². The number of nitrogens with one attached hydrogen (secondary N) is 2. The SMILES string of the molecule is CCOc1ccc(NS(=O)(=O)c2cccnc2NC)cn1. The summed E-state index contributed by atoms with van der Waals surface area (Å²) in [6.45, 7) is 2.35. The number of ether oxygens (including phenoxy) is 1. The van der Waals surface area contributed by atoms with Crippen LogP contribution in [-0.2, 0) is 10.0 Å². The molecule has 2 aromatic heterocycles. The molecule has 0 aliphatic heterocycles. The van der Waals surface area contributed by atoms with E-state index in [2.05, 4.69) is 20.0 Å². The number of aromatic nitrogens is 2. The quantitative estimate of drug-likeness (QED) is 0.844. The molecule has 0 spiro atoms. The minimum atomic E-state index is -3.74. The topological polar surface area (TPSA) is 93.2 Å². The summed E-state index contributed by atoms with van der Waals surface area (Å²) in [6, 6.07) is 6.23. The Labute approximate surface area is 123 Å². The number of anilines is 2. The average Bonchev–Trinajstić information content (AvgIpc) is 2.49. The van der Waals surface area contributed by atoms with Crippen LogP contribution in [0.1, 0.15) is 6.92 Å². The van der Waals surface area contributed by atoms with Gasteiger partial charge in [0.05, 0.1) is 18.5 Å².